The summed E-state index contributed by atoms with van der Waals surface area (Å²) >= 11 is 5.89. The molecule has 1 saturated carbocycles. The Kier molecular flexibility index (Phi) is 2.64. The summed E-state index contributed by atoms with van der Waals surface area (Å²) in [6, 6.07) is 3.93. The lowest BCUT2D eigenvalue weighted by Crippen LogP contribution is -2.31. The molecule has 2 aromatic heterocycles. The van der Waals surface area contributed by atoms with E-state index in [1.807, 2.05) is 6.07 Å². The molecular weight excluding hydrogens is 238 g/mol. The molecule has 17 heavy (non-hydrogen) atoms. The zero-order valence-electron chi connectivity index (χ0n) is 9.31. The number of hydrogen-bond donors (Lipinski definition) is 2. The van der Waals surface area contributed by atoms with Crippen LogP contribution in [0.5, 0.6) is 0 Å². The Morgan fingerprint density at radius 3 is 3.06 bits per heavy atom. The molecule has 0 aromatic carbocycles. The second-order valence-corrected chi connectivity index (χ2v) is 4.85. The van der Waals surface area contributed by atoms with Crippen LogP contribution in [0.25, 0.3) is 5.65 Å². The summed E-state index contributed by atoms with van der Waals surface area (Å²) in [5.41, 5.74) is 6.51. The van der Waals surface area contributed by atoms with E-state index in [1.54, 1.807) is 16.8 Å². The average molecular weight is 252 g/mol. The van der Waals surface area contributed by atoms with Crippen LogP contribution in [0.2, 0.25) is 5.02 Å². The molecule has 1 aliphatic rings. The fraction of sp³-hybridized carbons (Fsp3) is 0.455. The standard InChI is InChI=1S/C11H14ClN5/c12-8-3-4-10-15-11(16-17(10)6-8)14-9(5-13)7-1-2-7/h3-4,6-7,9H,1-2,5,13H2,(H,14,16). The zero-order chi connectivity index (χ0) is 11.8. The van der Waals surface area contributed by atoms with Crippen molar-refractivity contribution in [2.45, 2.75) is 18.9 Å². The molecule has 3 rings (SSSR count). The van der Waals surface area contributed by atoms with Crippen molar-refractivity contribution < 1.29 is 0 Å². The van der Waals surface area contributed by atoms with Crippen molar-refractivity contribution in [3.05, 3.63) is 23.4 Å². The van der Waals surface area contributed by atoms with Crippen molar-refractivity contribution in [1.29, 1.82) is 0 Å². The van der Waals surface area contributed by atoms with Crippen LogP contribution < -0.4 is 11.1 Å². The predicted octanol–water partition coefficient (Wildman–Crippen LogP) is 1.53. The largest absolute Gasteiger partial charge is 0.349 e. The van der Waals surface area contributed by atoms with Gasteiger partial charge in [0.1, 0.15) is 0 Å². The molecule has 1 unspecified atom stereocenters. The van der Waals surface area contributed by atoms with Crippen LogP contribution in [-0.2, 0) is 0 Å². The number of aromatic nitrogens is 3. The average Bonchev–Trinajstić information content (AvgIpc) is 3.07. The van der Waals surface area contributed by atoms with E-state index in [4.69, 9.17) is 17.3 Å². The van der Waals surface area contributed by atoms with Gasteiger partial charge in [0.15, 0.2) is 5.65 Å². The molecule has 0 spiro atoms. The van der Waals surface area contributed by atoms with Gasteiger partial charge in [-0.25, -0.2) is 4.52 Å². The van der Waals surface area contributed by atoms with Crippen LogP contribution in [0.3, 0.4) is 0 Å². The van der Waals surface area contributed by atoms with Crippen molar-refractivity contribution in [2.24, 2.45) is 11.7 Å². The molecule has 1 aliphatic carbocycles. The van der Waals surface area contributed by atoms with Crippen LogP contribution in [-0.4, -0.2) is 27.2 Å². The Labute approximate surface area is 104 Å². The van der Waals surface area contributed by atoms with E-state index < -0.39 is 0 Å². The minimum Gasteiger partial charge on any atom is -0.349 e. The summed E-state index contributed by atoms with van der Waals surface area (Å²) < 4.78 is 1.67. The lowest BCUT2D eigenvalue weighted by Gasteiger charge is -2.13. The maximum absolute atomic E-state index is 5.89. The maximum atomic E-state index is 5.89. The Morgan fingerprint density at radius 1 is 1.53 bits per heavy atom. The Balaban J connectivity index is 1.84. The summed E-state index contributed by atoms with van der Waals surface area (Å²) in [5, 5.41) is 8.26. The minimum absolute atomic E-state index is 0.280. The second-order valence-electron chi connectivity index (χ2n) is 4.41. The first-order valence-corrected chi connectivity index (χ1v) is 6.12. The summed E-state index contributed by atoms with van der Waals surface area (Å²) in [6.07, 6.45) is 4.23. The molecule has 90 valence electrons. The lowest BCUT2D eigenvalue weighted by atomic mass is 10.2. The molecule has 0 amide bonds. The van der Waals surface area contributed by atoms with Gasteiger partial charge in [0.05, 0.1) is 5.02 Å². The van der Waals surface area contributed by atoms with Crippen LogP contribution in [0.15, 0.2) is 18.3 Å². The van der Waals surface area contributed by atoms with Crippen molar-refractivity contribution in [3.8, 4) is 0 Å². The SMILES string of the molecule is NCC(Nc1nc2ccc(Cl)cn2n1)C1CC1. The first kappa shape index (κ1) is 10.8. The Hall–Kier alpha value is -1.33. The van der Waals surface area contributed by atoms with E-state index in [1.165, 1.54) is 12.8 Å². The van der Waals surface area contributed by atoms with E-state index in [0.717, 1.165) is 5.65 Å². The second kappa shape index (κ2) is 4.16. The van der Waals surface area contributed by atoms with Gasteiger partial charge in [-0.15, -0.1) is 5.10 Å². The topological polar surface area (TPSA) is 68.2 Å². The smallest absolute Gasteiger partial charge is 0.243 e. The van der Waals surface area contributed by atoms with Gasteiger partial charge >= 0.3 is 0 Å². The molecule has 3 N–H and O–H groups in total. The van der Waals surface area contributed by atoms with E-state index in [0.29, 0.717) is 23.4 Å². The van der Waals surface area contributed by atoms with Crippen molar-refractivity contribution in [2.75, 3.05) is 11.9 Å². The first-order chi connectivity index (χ1) is 8.26. The molecule has 0 bridgehead atoms. The predicted molar refractivity (Wildman–Crippen MR) is 67.2 cm³/mol. The number of rotatable bonds is 4. The fourth-order valence-electron chi connectivity index (χ4n) is 1.95. The normalized spacial score (nSPS) is 17.3. The molecule has 2 aromatic rings. The van der Waals surface area contributed by atoms with Crippen molar-refractivity contribution in [3.63, 3.8) is 0 Å². The maximum Gasteiger partial charge on any atom is 0.243 e. The highest BCUT2D eigenvalue weighted by Crippen LogP contribution is 2.33. The molecule has 2 heterocycles. The quantitative estimate of drug-likeness (QED) is 0.865. The number of pyridine rings is 1. The molecular formula is C11H14ClN5. The molecule has 5 nitrogen and oxygen atoms in total. The van der Waals surface area contributed by atoms with Gasteiger partial charge in [-0.1, -0.05) is 11.6 Å². The van der Waals surface area contributed by atoms with Crippen LogP contribution >= 0.6 is 11.6 Å². The zero-order valence-corrected chi connectivity index (χ0v) is 10.1. The van der Waals surface area contributed by atoms with E-state index >= 15 is 0 Å². The van der Waals surface area contributed by atoms with Crippen molar-refractivity contribution >= 4 is 23.2 Å². The molecule has 0 saturated heterocycles. The summed E-state index contributed by atoms with van der Waals surface area (Å²) in [5.74, 6) is 1.30. The van der Waals surface area contributed by atoms with Crippen molar-refractivity contribution in [1.82, 2.24) is 14.6 Å². The number of nitrogens with zero attached hydrogens (tertiary/aromatic N) is 3. The van der Waals surface area contributed by atoms with E-state index in [2.05, 4.69) is 15.4 Å². The third-order valence-electron chi connectivity index (χ3n) is 3.05. The molecule has 0 aliphatic heterocycles. The van der Waals surface area contributed by atoms with Gasteiger partial charge in [0.25, 0.3) is 0 Å². The molecule has 1 fully saturated rings. The van der Waals surface area contributed by atoms with E-state index in [-0.39, 0.29) is 6.04 Å². The highest BCUT2D eigenvalue weighted by molar-refractivity contribution is 6.30. The van der Waals surface area contributed by atoms with Crippen LogP contribution in [0.4, 0.5) is 5.95 Å². The Morgan fingerprint density at radius 2 is 2.35 bits per heavy atom. The van der Waals surface area contributed by atoms with Gasteiger partial charge in [0, 0.05) is 18.8 Å². The number of halogens is 1. The number of anilines is 1. The van der Waals surface area contributed by atoms with Crippen LogP contribution in [0, 0.1) is 5.92 Å². The summed E-state index contributed by atoms with van der Waals surface area (Å²) in [6.45, 7) is 0.612. The van der Waals surface area contributed by atoms with Gasteiger partial charge in [-0.3, -0.25) is 0 Å². The van der Waals surface area contributed by atoms with Gasteiger partial charge in [-0.05, 0) is 30.9 Å². The van der Waals surface area contributed by atoms with Gasteiger partial charge in [0.2, 0.25) is 5.95 Å². The fourth-order valence-corrected chi connectivity index (χ4v) is 2.11. The Bertz CT molecular complexity index is 534. The molecule has 0 radical (unpaired) electrons. The third kappa shape index (κ3) is 2.21. The molecule has 1 atom stereocenters. The lowest BCUT2D eigenvalue weighted by molar-refractivity contribution is 0.639. The third-order valence-corrected chi connectivity index (χ3v) is 3.28. The minimum atomic E-state index is 0.280. The first-order valence-electron chi connectivity index (χ1n) is 5.75. The summed E-state index contributed by atoms with van der Waals surface area (Å²) in [7, 11) is 0. The summed E-state index contributed by atoms with van der Waals surface area (Å²) in [4.78, 5) is 4.38. The number of fused-ring (bicyclic) bond motifs is 1. The number of hydrogen-bond acceptors (Lipinski definition) is 4. The van der Waals surface area contributed by atoms with E-state index in [9.17, 15) is 0 Å². The monoisotopic (exact) mass is 251 g/mol. The highest BCUT2D eigenvalue weighted by Gasteiger charge is 2.30. The number of nitrogens with two attached hydrogens (primary N) is 1. The van der Waals surface area contributed by atoms with Gasteiger partial charge in [-0.2, -0.15) is 4.98 Å². The van der Waals surface area contributed by atoms with Gasteiger partial charge < -0.3 is 11.1 Å². The van der Waals surface area contributed by atoms with Crippen LogP contribution in [0.1, 0.15) is 12.8 Å². The highest BCUT2D eigenvalue weighted by atomic mass is 35.5. The number of nitrogens with one attached hydrogen (secondary N) is 1. The molecule has 6 heteroatoms.